The molecule has 0 fully saturated rings. The van der Waals surface area contributed by atoms with Crippen LogP contribution in [0, 0.1) is 19.7 Å². The van der Waals surface area contributed by atoms with Crippen molar-refractivity contribution >= 4 is 11.6 Å². The van der Waals surface area contributed by atoms with Crippen LogP contribution < -0.4 is 15.4 Å². The predicted molar refractivity (Wildman–Crippen MR) is 109 cm³/mol. The number of phenolic OH excluding ortho intramolecular Hbond substituents is 1. The Balaban J connectivity index is 1.72. The first-order chi connectivity index (χ1) is 13.6. The van der Waals surface area contributed by atoms with E-state index in [2.05, 4.69) is 10.6 Å². The van der Waals surface area contributed by atoms with Crippen molar-refractivity contribution in [2.24, 2.45) is 0 Å². The van der Waals surface area contributed by atoms with Crippen molar-refractivity contribution in [1.82, 2.24) is 5.32 Å². The molecule has 1 aliphatic heterocycles. The molecule has 0 spiro atoms. The number of carbonyl (C=O) groups is 1. The van der Waals surface area contributed by atoms with Gasteiger partial charge in [0.05, 0.1) is 11.8 Å². The average Bonchev–Trinajstić information content (AvgIpc) is 2.62. The van der Waals surface area contributed by atoms with E-state index in [1.807, 2.05) is 26.0 Å². The molecule has 1 unspecified atom stereocenters. The second-order valence-corrected chi connectivity index (χ2v) is 8.25. The van der Waals surface area contributed by atoms with E-state index in [-0.39, 0.29) is 36.2 Å². The Labute approximate surface area is 169 Å². The molecular formula is C22H27FN2O4. The monoisotopic (exact) mass is 402 g/mol. The molecule has 1 amide bonds. The van der Waals surface area contributed by atoms with Crippen LogP contribution in [0.25, 0.3) is 0 Å². The fourth-order valence-electron chi connectivity index (χ4n) is 3.65. The Hall–Kier alpha value is -2.64. The van der Waals surface area contributed by atoms with E-state index < -0.39 is 6.10 Å². The number of aliphatic hydroxyl groups excluding tert-OH is 1. The summed E-state index contributed by atoms with van der Waals surface area (Å²) < 4.78 is 19.3. The fourth-order valence-corrected chi connectivity index (χ4v) is 3.65. The molecule has 0 bridgehead atoms. The standard InChI is InChI=1S/C22H27FN2O4/c1-12-5-14(6-13(2)20(12)23)9-22(3,4)24-10-18(27)16-7-15(26)8-17-21(16)29-11-19(28)25-17/h5-8,18,24,26-27H,9-11H2,1-4H3,(H,25,28). The molecule has 1 heterocycles. The quantitative estimate of drug-likeness (QED) is 0.596. The minimum Gasteiger partial charge on any atom is -0.508 e. The number of amides is 1. The van der Waals surface area contributed by atoms with Crippen LogP contribution in [0.1, 0.15) is 42.2 Å². The van der Waals surface area contributed by atoms with E-state index in [9.17, 15) is 19.4 Å². The van der Waals surface area contributed by atoms with E-state index in [0.717, 1.165) is 5.56 Å². The number of hydrogen-bond donors (Lipinski definition) is 4. The third-order valence-electron chi connectivity index (χ3n) is 5.00. The lowest BCUT2D eigenvalue weighted by Crippen LogP contribution is -2.43. The van der Waals surface area contributed by atoms with Crippen LogP contribution in [0.3, 0.4) is 0 Å². The minimum absolute atomic E-state index is 0.0693. The first-order valence-corrected chi connectivity index (χ1v) is 9.54. The summed E-state index contributed by atoms with van der Waals surface area (Å²) in [6.45, 7) is 7.57. The number of fused-ring (bicyclic) bond motifs is 1. The van der Waals surface area contributed by atoms with Gasteiger partial charge in [-0.15, -0.1) is 0 Å². The first kappa shape index (κ1) is 21.1. The highest BCUT2D eigenvalue weighted by molar-refractivity contribution is 5.96. The van der Waals surface area contributed by atoms with Gasteiger partial charge in [-0.05, 0) is 56.9 Å². The molecule has 156 valence electrons. The summed E-state index contributed by atoms with van der Waals surface area (Å²) in [7, 11) is 0. The molecule has 4 N–H and O–H groups in total. The number of β-amino-alcohol motifs (C(OH)–C–C–N with tert-alkyl or cyclic N) is 1. The number of carbonyl (C=O) groups excluding carboxylic acids is 1. The smallest absolute Gasteiger partial charge is 0.262 e. The lowest BCUT2D eigenvalue weighted by atomic mass is 9.92. The van der Waals surface area contributed by atoms with Crippen molar-refractivity contribution in [2.45, 2.75) is 45.8 Å². The van der Waals surface area contributed by atoms with Crippen LogP contribution in [-0.2, 0) is 11.2 Å². The predicted octanol–water partition coefficient (Wildman–Crippen LogP) is 3.12. The van der Waals surface area contributed by atoms with Crippen molar-refractivity contribution < 1.29 is 24.1 Å². The highest BCUT2D eigenvalue weighted by atomic mass is 19.1. The maximum Gasteiger partial charge on any atom is 0.262 e. The van der Waals surface area contributed by atoms with Crippen molar-refractivity contribution in [1.29, 1.82) is 0 Å². The van der Waals surface area contributed by atoms with Gasteiger partial charge in [0, 0.05) is 23.7 Å². The molecule has 1 aliphatic rings. The summed E-state index contributed by atoms with van der Waals surface area (Å²) in [5.74, 6) is -0.206. The Kier molecular flexibility index (Phi) is 5.82. The molecule has 0 saturated heterocycles. The lowest BCUT2D eigenvalue weighted by Gasteiger charge is -2.29. The zero-order valence-electron chi connectivity index (χ0n) is 17.1. The summed E-state index contributed by atoms with van der Waals surface area (Å²) in [5.41, 5.74) is 2.60. The summed E-state index contributed by atoms with van der Waals surface area (Å²) in [6.07, 6.45) is -0.311. The van der Waals surface area contributed by atoms with Gasteiger partial charge in [0.25, 0.3) is 5.91 Å². The maximum absolute atomic E-state index is 13.9. The highest BCUT2D eigenvalue weighted by Gasteiger charge is 2.26. The van der Waals surface area contributed by atoms with Crippen molar-refractivity contribution in [3.63, 3.8) is 0 Å². The number of hydrogen-bond acceptors (Lipinski definition) is 5. The van der Waals surface area contributed by atoms with E-state index in [4.69, 9.17) is 4.74 Å². The number of rotatable bonds is 6. The molecule has 29 heavy (non-hydrogen) atoms. The van der Waals surface area contributed by atoms with Gasteiger partial charge in [0.2, 0.25) is 0 Å². The van der Waals surface area contributed by atoms with Gasteiger partial charge < -0.3 is 25.6 Å². The van der Waals surface area contributed by atoms with E-state index in [0.29, 0.717) is 34.5 Å². The first-order valence-electron chi connectivity index (χ1n) is 9.54. The molecule has 2 aromatic rings. The Morgan fingerprint density at radius 2 is 1.90 bits per heavy atom. The molecule has 3 rings (SSSR count). The van der Waals surface area contributed by atoms with Crippen molar-refractivity contribution in [3.8, 4) is 11.5 Å². The third kappa shape index (κ3) is 4.86. The normalized spacial score (nSPS) is 14.8. The van der Waals surface area contributed by atoms with Crippen LogP contribution in [0.4, 0.5) is 10.1 Å². The number of nitrogens with one attached hydrogen (secondary N) is 2. The Morgan fingerprint density at radius 3 is 2.55 bits per heavy atom. The number of ether oxygens (including phenoxy) is 1. The van der Waals surface area contributed by atoms with Gasteiger partial charge in [-0.2, -0.15) is 0 Å². The highest BCUT2D eigenvalue weighted by Crippen LogP contribution is 2.38. The van der Waals surface area contributed by atoms with E-state index >= 15 is 0 Å². The van der Waals surface area contributed by atoms with Gasteiger partial charge in [-0.25, -0.2) is 4.39 Å². The van der Waals surface area contributed by atoms with Gasteiger partial charge in [0.15, 0.2) is 6.61 Å². The topological polar surface area (TPSA) is 90.8 Å². The van der Waals surface area contributed by atoms with Crippen LogP contribution in [-0.4, -0.2) is 34.8 Å². The second-order valence-electron chi connectivity index (χ2n) is 8.25. The molecule has 0 radical (unpaired) electrons. The van der Waals surface area contributed by atoms with Crippen LogP contribution >= 0.6 is 0 Å². The molecule has 7 heteroatoms. The summed E-state index contributed by atoms with van der Waals surface area (Å²) in [4.78, 5) is 11.5. The molecular weight excluding hydrogens is 375 g/mol. The van der Waals surface area contributed by atoms with E-state index in [1.54, 1.807) is 13.8 Å². The van der Waals surface area contributed by atoms with Crippen LogP contribution in [0.2, 0.25) is 0 Å². The maximum atomic E-state index is 13.9. The molecule has 6 nitrogen and oxygen atoms in total. The minimum atomic E-state index is -0.957. The summed E-state index contributed by atoms with van der Waals surface area (Å²) in [6, 6.07) is 6.50. The largest absolute Gasteiger partial charge is 0.508 e. The second kappa shape index (κ2) is 8.00. The number of phenols is 1. The lowest BCUT2D eigenvalue weighted by molar-refractivity contribution is -0.118. The molecule has 0 aromatic heterocycles. The third-order valence-corrected chi connectivity index (χ3v) is 5.00. The summed E-state index contributed by atoms with van der Waals surface area (Å²) in [5, 5.41) is 26.6. The number of aromatic hydroxyl groups is 1. The molecule has 0 aliphatic carbocycles. The van der Waals surface area contributed by atoms with Gasteiger partial charge >= 0.3 is 0 Å². The van der Waals surface area contributed by atoms with E-state index in [1.165, 1.54) is 12.1 Å². The average molecular weight is 402 g/mol. The Bertz CT molecular complexity index is 920. The number of aliphatic hydroxyl groups is 1. The fraction of sp³-hybridized carbons (Fsp3) is 0.409. The van der Waals surface area contributed by atoms with Gasteiger partial charge in [0.1, 0.15) is 17.3 Å². The number of benzene rings is 2. The molecule has 2 aromatic carbocycles. The Morgan fingerprint density at radius 1 is 1.24 bits per heavy atom. The van der Waals surface area contributed by atoms with Gasteiger partial charge in [-0.1, -0.05) is 12.1 Å². The number of halogens is 1. The molecule has 0 saturated carbocycles. The van der Waals surface area contributed by atoms with Crippen LogP contribution in [0.15, 0.2) is 24.3 Å². The van der Waals surface area contributed by atoms with Crippen LogP contribution in [0.5, 0.6) is 11.5 Å². The SMILES string of the molecule is Cc1cc(CC(C)(C)NCC(O)c2cc(O)cc3c2OCC(=O)N3)cc(C)c1F. The number of anilines is 1. The van der Waals surface area contributed by atoms with Crippen molar-refractivity contribution in [3.05, 3.63) is 52.3 Å². The van der Waals surface area contributed by atoms with Gasteiger partial charge in [-0.3, -0.25) is 4.79 Å². The summed E-state index contributed by atoms with van der Waals surface area (Å²) >= 11 is 0. The molecule has 1 atom stereocenters. The zero-order valence-corrected chi connectivity index (χ0v) is 17.1. The number of aryl methyl sites for hydroxylation is 2. The van der Waals surface area contributed by atoms with Crippen molar-refractivity contribution in [2.75, 3.05) is 18.5 Å². The zero-order chi connectivity index (χ0) is 21.3.